The number of aliphatic hydroxyl groups is 2. The molecule has 0 spiro atoms. The summed E-state index contributed by atoms with van der Waals surface area (Å²) in [5.74, 6) is 0.302. The number of aromatic nitrogens is 7. The van der Waals surface area contributed by atoms with Crippen molar-refractivity contribution in [3.05, 3.63) is 24.5 Å². The Balaban J connectivity index is 1.41. The quantitative estimate of drug-likeness (QED) is 0.468. The van der Waals surface area contributed by atoms with Crippen molar-refractivity contribution < 1.29 is 14.9 Å². The number of unbranched alkanes of at least 4 members (excludes halogenated alkanes) is 2. The van der Waals surface area contributed by atoms with E-state index in [1.165, 1.54) is 6.33 Å². The molecular formula is C18H26N8O3. The summed E-state index contributed by atoms with van der Waals surface area (Å²) in [6.07, 6.45) is 6.66. The Morgan fingerprint density at radius 3 is 3.00 bits per heavy atom. The lowest BCUT2D eigenvalue weighted by molar-refractivity contribution is -0.0269. The maximum Gasteiger partial charge on any atom is 0.167 e. The van der Waals surface area contributed by atoms with Gasteiger partial charge >= 0.3 is 0 Å². The van der Waals surface area contributed by atoms with E-state index in [9.17, 15) is 10.2 Å². The zero-order valence-electron chi connectivity index (χ0n) is 16.3. The summed E-state index contributed by atoms with van der Waals surface area (Å²) in [4.78, 5) is 12.4. The van der Waals surface area contributed by atoms with Crippen molar-refractivity contribution in [2.45, 2.75) is 70.1 Å². The van der Waals surface area contributed by atoms with Gasteiger partial charge in [0.05, 0.1) is 31.3 Å². The summed E-state index contributed by atoms with van der Waals surface area (Å²) in [6, 6.07) is 0. The molecule has 29 heavy (non-hydrogen) atoms. The summed E-state index contributed by atoms with van der Waals surface area (Å²) in [7, 11) is 0. The molecule has 4 N–H and O–H groups in total. The van der Waals surface area contributed by atoms with Gasteiger partial charge in [0, 0.05) is 6.42 Å². The molecule has 4 atom stereocenters. The van der Waals surface area contributed by atoms with Gasteiger partial charge in [0.25, 0.3) is 0 Å². The molecule has 0 saturated carbocycles. The van der Waals surface area contributed by atoms with Gasteiger partial charge in [-0.15, -0.1) is 5.10 Å². The second-order valence-corrected chi connectivity index (χ2v) is 7.39. The number of anilines is 1. The van der Waals surface area contributed by atoms with Crippen LogP contribution in [0.4, 0.5) is 5.82 Å². The van der Waals surface area contributed by atoms with E-state index in [1.54, 1.807) is 21.8 Å². The van der Waals surface area contributed by atoms with Gasteiger partial charge in [0.1, 0.15) is 29.9 Å². The summed E-state index contributed by atoms with van der Waals surface area (Å²) in [5.41, 5.74) is 7.44. The summed E-state index contributed by atoms with van der Waals surface area (Å²) in [6.45, 7) is 2.45. The molecule has 4 heterocycles. The number of hydrogen-bond donors (Lipinski definition) is 3. The normalized spacial score (nSPS) is 23.1. The van der Waals surface area contributed by atoms with E-state index in [0.29, 0.717) is 42.1 Å². The number of nitrogens with two attached hydrogens (primary N) is 1. The Kier molecular flexibility index (Phi) is 5.69. The van der Waals surface area contributed by atoms with Gasteiger partial charge in [0.15, 0.2) is 11.5 Å². The van der Waals surface area contributed by atoms with Crippen LogP contribution < -0.4 is 5.73 Å². The smallest absolute Gasteiger partial charge is 0.167 e. The molecule has 156 valence electrons. The van der Waals surface area contributed by atoms with Crippen LogP contribution in [0, 0.1) is 0 Å². The van der Waals surface area contributed by atoms with Crippen molar-refractivity contribution >= 4 is 17.0 Å². The molecular weight excluding hydrogens is 376 g/mol. The Morgan fingerprint density at radius 2 is 2.17 bits per heavy atom. The Labute approximate surface area is 167 Å². The number of fused-ring (bicyclic) bond motifs is 1. The zero-order valence-corrected chi connectivity index (χ0v) is 16.3. The third-order valence-corrected chi connectivity index (χ3v) is 5.25. The molecule has 0 amide bonds. The standard InChI is InChI=1S/C18H26N8O3/c1-2-3-4-5-12(27)11-7-25(24-23-11)8-14-13(28)6-15(29-14)26-10-22-16-17(19)20-9-21-18(16)26/h7,9-10,12-15,27-28H,2-6,8H2,1H3,(H2,19,20,21)/t12?,13-,14+,15+/m0/s1. The number of ether oxygens (including phenoxy) is 1. The minimum absolute atomic E-state index is 0.302. The Bertz CT molecular complexity index is 958. The highest BCUT2D eigenvalue weighted by molar-refractivity contribution is 5.81. The third-order valence-electron chi connectivity index (χ3n) is 5.25. The van der Waals surface area contributed by atoms with E-state index >= 15 is 0 Å². The van der Waals surface area contributed by atoms with E-state index in [2.05, 4.69) is 32.2 Å². The van der Waals surface area contributed by atoms with E-state index in [-0.39, 0.29) is 0 Å². The summed E-state index contributed by atoms with van der Waals surface area (Å²) >= 11 is 0. The first-order chi connectivity index (χ1) is 14.1. The number of imidazole rings is 1. The van der Waals surface area contributed by atoms with E-state index < -0.39 is 24.5 Å². The average Bonchev–Trinajstić information content (AvgIpc) is 3.42. The van der Waals surface area contributed by atoms with Gasteiger partial charge in [0.2, 0.25) is 0 Å². The van der Waals surface area contributed by atoms with Crippen LogP contribution in [0.5, 0.6) is 0 Å². The molecule has 0 aliphatic carbocycles. The largest absolute Gasteiger partial charge is 0.390 e. The van der Waals surface area contributed by atoms with Crippen molar-refractivity contribution in [3.63, 3.8) is 0 Å². The summed E-state index contributed by atoms with van der Waals surface area (Å²) < 4.78 is 9.39. The summed E-state index contributed by atoms with van der Waals surface area (Å²) in [5, 5.41) is 28.8. The molecule has 11 heteroatoms. The zero-order chi connectivity index (χ0) is 20.4. The first-order valence-corrected chi connectivity index (χ1v) is 9.91. The molecule has 0 radical (unpaired) electrons. The molecule has 1 fully saturated rings. The lowest BCUT2D eigenvalue weighted by Crippen LogP contribution is -2.26. The number of nitrogens with zero attached hydrogens (tertiary/aromatic N) is 7. The van der Waals surface area contributed by atoms with Crippen molar-refractivity contribution in [2.75, 3.05) is 5.73 Å². The molecule has 1 aliphatic heterocycles. The molecule has 4 rings (SSSR count). The predicted octanol–water partition coefficient (Wildman–Crippen LogP) is 0.962. The Hall–Kier alpha value is -2.63. The first kappa shape index (κ1) is 19.7. The predicted molar refractivity (Wildman–Crippen MR) is 103 cm³/mol. The van der Waals surface area contributed by atoms with Crippen molar-refractivity contribution in [1.29, 1.82) is 0 Å². The van der Waals surface area contributed by atoms with Crippen LogP contribution in [0.2, 0.25) is 0 Å². The number of hydrogen-bond acceptors (Lipinski definition) is 9. The lowest BCUT2D eigenvalue weighted by atomic mass is 10.1. The highest BCUT2D eigenvalue weighted by Crippen LogP contribution is 2.32. The van der Waals surface area contributed by atoms with Crippen LogP contribution in [-0.4, -0.2) is 56.9 Å². The van der Waals surface area contributed by atoms with Crippen LogP contribution in [-0.2, 0) is 11.3 Å². The lowest BCUT2D eigenvalue weighted by Gasteiger charge is -2.15. The Morgan fingerprint density at radius 1 is 1.31 bits per heavy atom. The van der Waals surface area contributed by atoms with Crippen molar-refractivity contribution in [3.8, 4) is 0 Å². The molecule has 0 bridgehead atoms. The van der Waals surface area contributed by atoms with Crippen LogP contribution in [0.1, 0.15) is 57.1 Å². The van der Waals surface area contributed by atoms with E-state index in [4.69, 9.17) is 10.5 Å². The fraction of sp³-hybridized carbons (Fsp3) is 0.611. The highest BCUT2D eigenvalue weighted by atomic mass is 16.5. The molecule has 0 aromatic carbocycles. The van der Waals surface area contributed by atoms with Crippen LogP contribution in [0.3, 0.4) is 0 Å². The van der Waals surface area contributed by atoms with Gasteiger partial charge in [-0.1, -0.05) is 31.4 Å². The van der Waals surface area contributed by atoms with Gasteiger partial charge in [-0.3, -0.25) is 4.57 Å². The SMILES string of the molecule is CCCCCC(O)c1cn(C[C@H]2O[C@@H](n3cnc4c(N)ncnc43)C[C@@H]2O)nn1. The fourth-order valence-electron chi connectivity index (χ4n) is 3.61. The van der Waals surface area contributed by atoms with Gasteiger partial charge in [-0.05, 0) is 6.42 Å². The fourth-order valence-corrected chi connectivity index (χ4v) is 3.61. The van der Waals surface area contributed by atoms with E-state index in [0.717, 1.165) is 19.3 Å². The van der Waals surface area contributed by atoms with Crippen molar-refractivity contribution in [2.24, 2.45) is 0 Å². The van der Waals surface area contributed by atoms with Crippen LogP contribution >= 0.6 is 0 Å². The number of aliphatic hydroxyl groups excluding tert-OH is 2. The van der Waals surface area contributed by atoms with Crippen molar-refractivity contribution in [1.82, 2.24) is 34.5 Å². The number of rotatable bonds is 8. The van der Waals surface area contributed by atoms with Gasteiger partial charge in [-0.25, -0.2) is 19.6 Å². The second-order valence-electron chi connectivity index (χ2n) is 7.39. The topological polar surface area (TPSA) is 150 Å². The maximum absolute atomic E-state index is 10.5. The molecule has 11 nitrogen and oxygen atoms in total. The minimum atomic E-state index is -0.682. The first-order valence-electron chi connectivity index (χ1n) is 9.91. The second kappa shape index (κ2) is 8.39. The molecule has 1 saturated heterocycles. The highest BCUT2D eigenvalue weighted by Gasteiger charge is 2.36. The van der Waals surface area contributed by atoms with Gasteiger partial charge < -0.3 is 20.7 Å². The van der Waals surface area contributed by atoms with Crippen LogP contribution in [0.25, 0.3) is 11.2 Å². The molecule has 1 aliphatic rings. The van der Waals surface area contributed by atoms with Gasteiger partial charge in [-0.2, -0.15) is 0 Å². The van der Waals surface area contributed by atoms with E-state index in [1.807, 2.05) is 0 Å². The third kappa shape index (κ3) is 4.07. The molecule has 3 aromatic heterocycles. The molecule has 3 aromatic rings. The minimum Gasteiger partial charge on any atom is -0.390 e. The molecule has 1 unspecified atom stereocenters. The number of nitrogen functional groups attached to an aromatic ring is 1. The average molecular weight is 402 g/mol. The van der Waals surface area contributed by atoms with Crippen LogP contribution in [0.15, 0.2) is 18.9 Å². The maximum atomic E-state index is 10.5. The monoisotopic (exact) mass is 402 g/mol.